The fraction of sp³-hybridized carbons (Fsp3) is 0.350. The molecular formula is C20H22Cl2N2O2. The molecule has 0 radical (unpaired) electrons. The van der Waals surface area contributed by atoms with E-state index in [1.807, 2.05) is 24.3 Å². The Morgan fingerprint density at radius 1 is 1.19 bits per heavy atom. The molecule has 2 aromatic carbocycles. The Labute approximate surface area is 164 Å². The molecule has 26 heavy (non-hydrogen) atoms. The summed E-state index contributed by atoms with van der Waals surface area (Å²) in [5, 5.41) is 3.74. The SMILES string of the molecule is C[C@H]1CCCCN1c1ccc(NC(=O)COc2ccc(Cl)cc2Cl)cc1. The summed E-state index contributed by atoms with van der Waals surface area (Å²) in [6.07, 6.45) is 3.75. The van der Waals surface area contributed by atoms with Crippen molar-refractivity contribution < 1.29 is 9.53 Å². The molecule has 0 aliphatic carbocycles. The third-order valence-corrected chi connectivity index (χ3v) is 5.07. The fourth-order valence-electron chi connectivity index (χ4n) is 3.15. The highest BCUT2D eigenvalue weighted by Crippen LogP contribution is 2.28. The van der Waals surface area contributed by atoms with E-state index in [4.69, 9.17) is 27.9 Å². The van der Waals surface area contributed by atoms with Crippen LogP contribution in [0.25, 0.3) is 0 Å². The molecule has 0 spiro atoms. The number of carbonyl (C=O) groups excluding carboxylic acids is 1. The molecule has 138 valence electrons. The molecule has 0 unspecified atom stereocenters. The number of amides is 1. The number of halogens is 2. The average Bonchev–Trinajstić information content (AvgIpc) is 2.62. The van der Waals surface area contributed by atoms with E-state index in [2.05, 4.69) is 17.1 Å². The second-order valence-electron chi connectivity index (χ2n) is 6.50. The Balaban J connectivity index is 1.54. The lowest BCUT2D eigenvalue weighted by Crippen LogP contribution is -2.37. The summed E-state index contributed by atoms with van der Waals surface area (Å²) < 4.78 is 5.45. The van der Waals surface area contributed by atoms with Gasteiger partial charge < -0.3 is 15.0 Å². The number of rotatable bonds is 5. The van der Waals surface area contributed by atoms with Crippen LogP contribution >= 0.6 is 23.2 Å². The second kappa shape index (κ2) is 8.65. The summed E-state index contributed by atoms with van der Waals surface area (Å²) in [6, 6.07) is 13.4. The maximum absolute atomic E-state index is 12.1. The molecule has 4 nitrogen and oxygen atoms in total. The van der Waals surface area contributed by atoms with Gasteiger partial charge in [-0.3, -0.25) is 4.79 Å². The summed E-state index contributed by atoms with van der Waals surface area (Å²) in [6.45, 7) is 3.23. The topological polar surface area (TPSA) is 41.6 Å². The largest absolute Gasteiger partial charge is 0.482 e. The zero-order valence-corrected chi connectivity index (χ0v) is 16.2. The smallest absolute Gasteiger partial charge is 0.262 e. The van der Waals surface area contributed by atoms with Gasteiger partial charge in [0.15, 0.2) is 6.61 Å². The number of hydrogen-bond acceptors (Lipinski definition) is 3. The summed E-state index contributed by atoms with van der Waals surface area (Å²) in [4.78, 5) is 14.5. The molecule has 1 aliphatic heterocycles. The van der Waals surface area contributed by atoms with Crippen LogP contribution in [0.2, 0.25) is 10.0 Å². The molecule has 0 bridgehead atoms. The molecule has 3 rings (SSSR count). The van der Waals surface area contributed by atoms with Gasteiger partial charge in [-0.25, -0.2) is 0 Å². The van der Waals surface area contributed by atoms with Crippen molar-refractivity contribution in [2.24, 2.45) is 0 Å². The molecule has 1 atom stereocenters. The fourth-order valence-corrected chi connectivity index (χ4v) is 3.61. The predicted molar refractivity (Wildman–Crippen MR) is 108 cm³/mol. The van der Waals surface area contributed by atoms with Crippen molar-refractivity contribution in [1.29, 1.82) is 0 Å². The van der Waals surface area contributed by atoms with E-state index < -0.39 is 0 Å². The van der Waals surface area contributed by atoms with Gasteiger partial charge in [0.2, 0.25) is 0 Å². The number of benzene rings is 2. The van der Waals surface area contributed by atoms with Gasteiger partial charge in [0, 0.05) is 29.0 Å². The molecule has 0 saturated carbocycles. The quantitative estimate of drug-likeness (QED) is 0.741. The van der Waals surface area contributed by atoms with Gasteiger partial charge in [-0.2, -0.15) is 0 Å². The summed E-state index contributed by atoms with van der Waals surface area (Å²) in [5.41, 5.74) is 1.94. The van der Waals surface area contributed by atoms with Crippen LogP contribution in [-0.4, -0.2) is 25.1 Å². The van der Waals surface area contributed by atoms with E-state index in [0.29, 0.717) is 21.8 Å². The van der Waals surface area contributed by atoms with Gasteiger partial charge in [0.25, 0.3) is 5.91 Å². The first kappa shape index (κ1) is 18.9. The number of nitrogens with zero attached hydrogens (tertiary/aromatic N) is 1. The lowest BCUT2D eigenvalue weighted by Gasteiger charge is -2.35. The first-order valence-corrected chi connectivity index (χ1v) is 9.53. The Hall–Kier alpha value is -1.91. The number of anilines is 2. The van der Waals surface area contributed by atoms with Crippen LogP contribution < -0.4 is 15.0 Å². The van der Waals surface area contributed by atoms with E-state index in [1.165, 1.54) is 24.9 Å². The number of carbonyl (C=O) groups is 1. The summed E-state index contributed by atoms with van der Waals surface area (Å²) in [7, 11) is 0. The Morgan fingerprint density at radius 3 is 2.65 bits per heavy atom. The molecule has 1 amide bonds. The van der Waals surface area contributed by atoms with Crippen LogP contribution in [0.3, 0.4) is 0 Å². The highest BCUT2D eigenvalue weighted by Gasteiger charge is 2.18. The zero-order chi connectivity index (χ0) is 18.5. The van der Waals surface area contributed by atoms with Crippen molar-refractivity contribution in [3.8, 4) is 5.75 Å². The van der Waals surface area contributed by atoms with Crippen molar-refractivity contribution in [2.75, 3.05) is 23.4 Å². The molecule has 2 aromatic rings. The highest BCUT2D eigenvalue weighted by atomic mass is 35.5. The minimum absolute atomic E-state index is 0.119. The molecule has 1 fully saturated rings. The lowest BCUT2D eigenvalue weighted by molar-refractivity contribution is -0.118. The monoisotopic (exact) mass is 392 g/mol. The van der Waals surface area contributed by atoms with Crippen molar-refractivity contribution in [3.05, 3.63) is 52.5 Å². The lowest BCUT2D eigenvalue weighted by atomic mass is 10.0. The van der Waals surface area contributed by atoms with Crippen molar-refractivity contribution in [3.63, 3.8) is 0 Å². The average molecular weight is 393 g/mol. The van der Waals surface area contributed by atoms with Gasteiger partial charge in [-0.1, -0.05) is 23.2 Å². The molecule has 1 N–H and O–H groups in total. The van der Waals surface area contributed by atoms with E-state index >= 15 is 0 Å². The van der Waals surface area contributed by atoms with E-state index in [9.17, 15) is 4.79 Å². The van der Waals surface area contributed by atoms with Gasteiger partial charge in [0.05, 0.1) is 5.02 Å². The molecular weight excluding hydrogens is 371 g/mol. The van der Waals surface area contributed by atoms with E-state index in [-0.39, 0.29) is 12.5 Å². The van der Waals surface area contributed by atoms with Crippen LogP contribution in [0.5, 0.6) is 5.75 Å². The maximum atomic E-state index is 12.1. The van der Waals surface area contributed by atoms with Crippen LogP contribution in [0.4, 0.5) is 11.4 Å². The van der Waals surface area contributed by atoms with Gasteiger partial charge >= 0.3 is 0 Å². The van der Waals surface area contributed by atoms with Crippen molar-refractivity contribution in [1.82, 2.24) is 0 Å². The highest BCUT2D eigenvalue weighted by molar-refractivity contribution is 6.35. The first-order valence-electron chi connectivity index (χ1n) is 8.77. The van der Waals surface area contributed by atoms with E-state index in [0.717, 1.165) is 12.2 Å². The standard InChI is InChI=1S/C20H22Cl2N2O2/c1-14-4-2-3-11-24(14)17-8-6-16(7-9-17)23-20(25)13-26-19-10-5-15(21)12-18(19)22/h5-10,12,14H,2-4,11,13H2,1H3,(H,23,25)/t14-/m0/s1. The summed E-state index contributed by atoms with van der Waals surface area (Å²) >= 11 is 11.9. The van der Waals surface area contributed by atoms with Crippen LogP contribution in [0.1, 0.15) is 26.2 Å². The Morgan fingerprint density at radius 2 is 1.96 bits per heavy atom. The van der Waals surface area contributed by atoms with Crippen molar-refractivity contribution in [2.45, 2.75) is 32.2 Å². The number of piperidine rings is 1. The Kier molecular flexibility index (Phi) is 6.28. The predicted octanol–water partition coefficient (Wildman–Crippen LogP) is 5.39. The third kappa shape index (κ3) is 4.83. The zero-order valence-electron chi connectivity index (χ0n) is 14.7. The molecule has 6 heteroatoms. The number of hydrogen-bond donors (Lipinski definition) is 1. The normalized spacial score (nSPS) is 17.0. The van der Waals surface area contributed by atoms with E-state index in [1.54, 1.807) is 18.2 Å². The first-order chi connectivity index (χ1) is 12.5. The minimum atomic E-state index is -0.241. The molecule has 1 saturated heterocycles. The third-order valence-electron chi connectivity index (χ3n) is 4.54. The number of nitrogens with one attached hydrogen (secondary N) is 1. The van der Waals surface area contributed by atoms with Crippen LogP contribution in [0, 0.1) is 0 Å². The van der Waals surface area contributed by atoms with Crippen molar-refractivity contribution >= 4 is 40.5 Å². The molecule has 1 aliphatic rings. The van der Waals surface area contributed by atoms with Crippen LogP contribution in [-0.2, 0) is 4.79 Å². The maximum Gasteiger partial charge on any atom is 0.262 e. The minimum Gasteiger partial charge on any atom is -0.482 e. The number of ether oxygens (including phenoxy) is 1. The summed E-state index contributed by atoms with van der Waals surface area (Å²) in [5.74, 6) is 0.191. The van der Waals surface area contributed by atoms with Gasteiger partial charge in [-0.05, 0) is 68.7 Å². The van der Waals surface area contributed by atoms with Crippen LogP contribution in [0.15, 0.2) is 42.5 Å². The molecule has 1 heterocycles. The molecule has 0 aromatic heterocycles. The Bertz CT molecular complexity index is 765. The second-order valence-corrected chi connectivity index (χ2v) is 7.34. The van der Waals surface area contributed by atoms with Gasteiger partial charge in [0.1, 0.15) is 5.75 Å². The van der Waals surface area contributed by atoms with Gasteiger partial charge in [-0.15, -0.1) is 0 Å².